The fourth-order valence-electron chi connectivity index (χ4n) is 2.47. The van der Waals surface area contributed by atoms with Crippen LogP contribution in [0.2, 0.25) is 0 Å². The second-order valence-electron chi connectivity index (χ2n) is 5.86. The third-order valence-corrected chi connectivity index (χ3v) is 3.87. The average molecular weight is 325 g/mol. The summed E-state index contributed by atoms with van der Waals surface area (Å²) in [6.45, 7) is 4.76. The van der Waals surface area contributed by atoms with Crippen molar-refractivity contribution in [3.8, 4) is 0 Å². The normalized spacial score (nSPS) is 14.2. The highest BCUT2D eigenvalue weighted by molar-refractivity contribution is 6.12. The quantitative estimate of drug-likeness (QED) is 0.343. The van der Waals surface area contributed by atoms with Crippen LogP contribution in [-0.4, -0.2) is 49.7 Å². The van der Waals surface area contributed by atoms with Crippen molar-refractivity contribution in [1.82, 2.24) is 4.90 Å². The van der Waals surface area contributed by atoms with Gasteiger partial charge in [-0.2, -0.15) is 0 Å². The van der Waals surface area contributed by atoms with Gasteiger partial charge in [-0.05, 0) is 6.42 Å². The van der Waals surface area contributed by atoms with E-state index in [1.165, 1.54) is 62.0 Å². The summed E-state index contributed by atoms with van der Waals surface area (Å²) in [5, 5.41) is 0. The Bertz CT molecular complexity index is 350. The SMILES string of the molecule is CCCCCCCCCCOCCOCCN1C(=O)C=CC1=O. The summed E-state index contributed by atoms with van der Waals surface area (Å²) >= 11 is 0. The number of rotatable bonds is 15. The molecule has 0 atom stereocenters. The molecule has 0 saturated heterocycles. The lowest BCUT2D eigenvalue weighted by molar-refractivity contribution is -0.137. The van der Waals surface area contributed by atoms with E-state index in [1.54, 1.807) is 0 Å². The molecule has 0 N–H and O–H groups in total. The number of ether oxygens (including phenoxy) is 2. The Labute approximate surface area is 140 Å². The number of carbonyl (C=O) groups excluding carboxylic acids is 2. The zero-order chi connectivity index (χ0) is 16.8. The molecule has 23 heavy (non-hydrogen) atoms. The third-order valence-electron chi connectivity index (χ3n) is 3.87. The van der Waals surface area contributed by atoms with Crippen LogP contribution in [0.3, 0.4) is 0 Å². The first-order chi connectivity index (χ1) is 11.3. The van der Waals surface area contributed by atoms with E-state index >= 15 is 0 Å². The summed E-state index contributed by atoms with van der Waals surface area (Å²) in [6, 6.07) is 0. The van der Waals surface area contributed by atoms with E-state index in [-0.39, 0.29) is 11.8 Å². The molecule has 0 aromatic carbocycles. The molecule has 0 radical (unpaired) electrons. The molecule has 1 rings (SSSR count). The van der Waals surface area contributed by atoms with E-state index in [4.69, 9.17) is 9.47 Å². The van der Waals surface area contributed by atoms with Gasteiger partial charge >= 0.3 is 0 Å². The van der Waals surface area contributed by atoms with Gasteiger partial charge in [0.1, 0.15) is 0 Å². The number of amides is 2. The molecule has 0 spiro atoms. The Balaban J connectivity index is 1.77. The Morgan fingerprint density at radius 3 is 1.87 bits per heavy atom. The smallest absolute Gasteiger partial charge is 0.253 e. The summed E-state index contributed by atoms with van der Waals surface area (Å²) < 4.78 is 10.9. The first-order valence-corrected chi connectivity index (χ1v) is 8.94. The van der Waals surface area contributed by atoms with E-state index in [0.717, 1.165) is 13.0 Å². The standard InChI is InChI=1S/C18H31NO4/c1-2-3-4-5-6-7-8-9-13-22-15-16-23-14-12-19-17(20)10-11-18(19)21/h10-11H,2-9,12-16H2,1H3. The first kappa shape index (κ1) is 19.8. The van der Waals surface area contributed by atoms with Gasteiger partial charge in [-0.15, -0.1) is 0 Å². The molecule has 0 aliphatic carbocycles. The molecule has 1 aliphatic rings. The van der Waals surface area contributed by atoms with E-state index in [9.17, 15) is 9.59 Å². The van der Waals surface area contributed by atoms with E-state index in [0.29, 0.717) is 26.4 Å². The lowest BCUT2D eigenvalue weighted by atomic mass is 10.1. The fraction of sp³-hybridized carbons (Fsp3) is 0.778. The predicted molar refractivity (Wildman–Crippen MR) is 90.1 cm³/mol. The van der Waals surface area contributed by atoms with E-state index < -0.39 is 0 Å². The van der Waals surface area contributed by atoms with Crippen LogP contribution in [0.5, 0.6) is 0 Å². The molecule has 5 nitrogen and oxygen atoms in total. The van der Waals surface area contributed by atoms with Gasteiger partial charge in [0.25, 0.3) is 11.8 Å². The fourth-order valence-corrected chi connectivity index (χ4v) is 2.47. The van der Waals surface area contributed by atoms with Gasteiger partial charge in [-0.25, -0.2) is 0 Å². The van der Waals surface area contributed by atoms with Crippen LogP contribution in [0.15, 0.2) is 12.2 Å². The van der Waals surface area contributed by atoms with Crippen LogP contribution < -0.4 is 0 Å². The summed E-state index contributed by atoms with van der Waals surface area (Å²) in [4.78, 5) is 23.8. The lowest BCUT2D eigenvalue weighted by Crippen LogP contribution is -2.33. The van der Waals surface area contributed by atoms with Gasteiger partial charge in [0.15, 0.2) is 0 Å². The molecule has 2 amide bonds. The number of imide groups is 1. The molecular weight excluding hydrogens is 294 g/mol. The van der Waals surface area contributed by atoms with Gasteiger partial charge < -0.3 is 9.47 Å². The van der Waals surface area contributed by atoms with Crippen molar-refractivity contribution < 1.29 is 19.1 Å². The predicted octanol–water partition coefficient (Wildman–Crippen LogP) is 3.09. The largest absolute Gasteiger partial charge is 0.379 e. The average Bonchev–Trinajstić information content (AvgIpc) is 2.86. The third kappa shape index (κ3) is 9.51. The van der Waals surface area contributed by atoms with Crippen LogP contribution in [0.25, 0.3) is 0 Å². The van der Waals surface area contributed by atoms with Crippen LogP contribution >= 0.6 is 0 Å². The Morgan fingerprint density at radius 1 is 0.739 bits per heavy atom. The van der Waals surface area contributed by atoms with Crippen molar-refractivity contribution in [1.29, 1.82) is 0 Å². The first-order valence-electron chi connectivity index (χ1n) is 8.94. The molecule has 0 saturated carbocycles. The maximum absolute atomic E-state index is 11.3. The lowest BCUT2D eigenvalue weighted by Gasteiger charge is -2.13. The van der Waals surface area contributed by atoms with Gasteiger partial charge in [-0.3, -0.25) is 14.5 Å². The van der Waals surface area contributed by atoms with Crippen molar-refractivity contribution in [2.45, 2.75) is 58.3 Å². The Kier molecular flexibility index (Phi) is 11.4. The maximum atomic E-state index is 11.3. The summed E-state index contributed by atoms with van der Waals surface area (Å²) in [5.41, 5.74) is 0. The van der Waals surface area contributed by atoms with Crippen molar-refractivity contribution in [3.05, 3.63) is 12.2 Å². The Morgan fingerprint density at radius 2 is 1.26 bits per heavy atom. The minimum absolute atomic E-state index is 0.260. The second kappa shape index (κ2) is 13.3. The molecule has 0 aromatic heterocycles. The van der Waals surface area contributed by atoms with Crippen molar-refractivity contribution in [2.24, 2.45) is 0 Å². The molecule has 1 aliphatic heterocycles. The number of hydrogen-bond acceptors (Lipinski definition) is 4. The molecule has 0 unspecified atom stereocenters. The van der Waals surface area contributed by atoms with Crippen LogP contribution in [0.1, 0.15) is 58.3 Å². The highest BCUT2D eigenvalue weighted by Gasteiger charge is 2.22. The molecule has 5 heteroatoms. The minimum Gasteiger partial charge on any atom is -0.379 e. The molecule has 132 valence electrons. The minimum atomic E-state index is -0.260. The highest BCUT2D eigenvalue weighted by Crippen LogP contribution is 2.08. The molecule has 0 aromatic rings. The van der Waals surface area contributed by atoms with Crippen LogP contribution in [0, 0.1) is 0 Å². The second-order valence-corrected chi connectivity index (χ2v) is 5.86. The van der Waals surface area contributed by atoms with Crippen LogP contribution in [0.4, 0.5) is 0 Å². The van der Waals surface area contributed by atoms with E-state index in [1.807, 2.05) is 0 Å². The monoisotopic (exact) mass is 325 g/mol. The molecular formula is C18H31NO4. The number of carbonyl (C=O) groups is 2. The number of unbranched alkanes of at least 4 members (excludes halogenated alkanes) is 7. The van der Waals surface area contributed by atoms with Crippen molar-refractivity contribution in [3.63, 3.8) is 0 Å². The zero-order valence-corrected chi connectivity index (χ0v) is 14.4. The van der Waals surface area contributed by atoms with E-state index in [2.05, 4.69) is 6.92 Å². The maximum Gasteiger partial charge on any atom is 0.253 e. The van der Waals surface area contributed by atoms with Gasteiger partial charge in [-0.1, -0.05) is 51.9 Å². The Hall–Kier alpha value is -1.20. The number of nitrogens with zero attached hydrogens (tertiary/aromatic N) is 1. The van der Waals surface area contributed by atoms with Gasteiger partial charge in [0, 0.05) is 18.8 Å². The van der Waals surface area contributed by atoms with Crippen molar-refractivity contribution >= 4 is 11.8 Å². The van der Waals surface area contributed by atoms with Gasteiger partial charge in [0.2, 0.25) is 0 Å². The molecule has 0 fully saturated rings. The molecule has 1 heterocycles. The summed E-state index contributed by atoms with van der Waals surface area (Å²) in [6.07, 6.45) is 13.0. The topological polar surface area (TPSA) is 55.8 Å². The summed E-state index contributed by atoms with van der Waals surface area (Å²) in [7, 11) is 0. The van der Waals surface area contributed by atoms with Crippen LogP contribution in [-0.2, 0) is 19.1 Å². The molecule has 0 bridgehead atoms. The highest BCUT2D eigenvalue weighted by atomic mass is 16.5. The zero-order valence-electron chi connectivity index (χ0n) is 14.4. The van der Waals surface area contributed by atoms with Crippen molar-refractivity contribution in [2.75, 3.05) is 33.0 Å². The van der Waals surface area contributed by atoms with Gasteiger partial charge in [0.05, 0.1) is 26.4 Å². The number of hydrogen-bond donors (Lipinski definition) is 0. The summed E-state index contributed by atoms with van der Waals surface area (Å²) in [5.74, 6) is -0.519.